The smallest absolute Gasteiger partial charge is 0.0839 e. The van der Waals surface area contributed by atoms with Crippen LogP contribution in [0, 0.1) is 5.92 Å². The molecule has 78 valence electrons. The molecule has 0 spiro atoms. The summed E-state index contributed by atoms with van der Waals surface area (Å²) in [6.45, 7) is 6.78. The topological polar surface area (TPSA) is 12.5 Å². The molecule has 0 radical (unpaired) electrons. The van der Waals surface area contributed by atoms with Gasteiger partial charge in [-0.3, -0.25) is 0 Å². The van der Waals surface area contributed by atoms with Crippen molar-refractivity contribution in [2.24, 2.45) is 5.92 Å². The van der Waals surface area contributed by atoms with Gasteiger partial charge in [0.1, 0.15) is 0 Å². The van der Waals surface area contributed by atoms with E-state index in [1.165, 1.54) is 38.5 Å². The van der Waals surface area contributed by atoms with Crippen LogP contribution in [0.4, 0.5) is 0 Å². The fourth-order valence-electron chi connectivity index (χ4n) is 1.78. The van der Waals surface area contributed by atoms with E-state index in [9.17, 15) is 0 Å². The zero-order valence-corrected chi connectivity index (χ0v) is 9.38. The number of ether oxygens (including phenoxy) is 1. The van der Waals surface area contributed by atoms with E-state index in [2.05, 4.69) is 20.8 Å². The van der Waals surface area contributed by atoms with Gasteiger partial charge < -0.3 is 4.74 Å². The molecule has 0 bridgehead atoms. The zero-order chi connectivity index (χ0) is 9.68. The second-order valence-corrected chi connectivity index (χ2v) is 4.77. The van der Waals surface area contributed by atoms with Crippen molar-refractivity contribution in [3.05, 3.63) is 0 Å². The molecule has 1 aliphatic heterocycles. The molecule has 2 unspecified atom stereocenters. The summed E-state index contributed by atoms with van der Waals surface area (Å²) in [5.41, 5.74) is 0. The van der Waals surface area contributed by atoms with E-state index in [4.69, 9.17) is 4.74 Å². The number of hydrogen-bond donors (Lipinski definition) is 0. The molecule has 1 heterocycles. The van der Waals surface area contributed by atoms with E-state index >= 15 is 0 Å². The van der Waals surface area contributed by atoms with Crippen LogP contribution in [0.5, 0.6) is 0 Å². The van der Waals surface area contributed by atoms with Gasteiger partial charge in [0.2, 0.25) is 0 Å². The van der Waals surface area contributed by atoms with Gasteiger partial charge in [-0.05, 0) is 19.3 Å². The Morgan fingerprint density at radius 2 is 1.69 bits per heavy atom. The van der Waals surface area contributed by atoms with Crippen LogP contribution in [-0.2, 0) is 4.74 Å². The Morgan fingerprint density at radius 1 is 1.08 bits per heavy atom. The summed E-state index contributed by atoms with van der Waals surface area (Å²) in [5.74, 6) is 0.881. The van der Waals surface area contributed by atoms with E-state index in [-0.39, 0.29) is 0 Å². The maximum atomic E-state index is 5.36. The maximum Gasteiger partial charge on any atom is 0.0839 e. The lowest BCUT2D eigenvalue weighted by Crippen LogP contribution is -1.90. The highest BCUT2D eigenvalue weighted by molar-refractivity contribution is 4.79. The molecule has 2 atom stereocenters. The van der Waals surface area contributed by atoms with E-state index in [1.807, 2.05) is 0 Å². The largest absolute Gasteiger partial charge is 0.370 e. The summed E-state index contributed by atoms with van der Waals surface area (Å²) in [5, 5.41) is 0. The van der Waals surface area contributed by atoms with Gasteiger partial charge in [-0.1, -0.05) is 46.0 Å². The minimum atomic E-state index is 0.565. The Bertz CT molecular complexity index is 131. The first-order valence-corrected chi connectivity index (χ1v) is 5.85. The summed E-state index contributed by atoms with van der Waals surface area (Å²) in [7, 11) is 0. The predicted octanol–water partition coefficient (Wildman–Crippen LogP) is 3.77. The Labute approximate surface area is 82.9 Å². The monoisotopic (exact) mass is 184 g/mol. The average molecular weight is 184 g/mol. The summed E-state index contributed by atoms with van der Waals surface area (Å²) < 4.78 is 5.36. The lowest BCUT2D eigenvalue weighted by atomic mass is 10.0. The van der Waals surface area contributed by atoms with Gasteiger partial charge >= 0.3 is 0 Å². The second-order valence-electron chi connectivity index (χ2n) is 4.77. The van der Waals surface area contributed by atoms with Crippen molar-refractivity contribution in [3.63, 3.8) is 0 Å². The molecule has 1 fully saturated rings. The quantitative estimate of drug-likeness (QED) is 0.433. The van der Waals surface area contributed by atoms with Crippen molar-refractivity contribution < 1.29 is 4.74 Å². The highest BCUT2D eigenvalue weighted by Crippen LogP contribution is 2.26. The van der Waals surface area contributed by atoms with Gasteiger partial charge in [0, 0.05) is 0 Å². The summed E-state index contributed by atoms with van der Waals surface area (Å²) in [4.78, 5) is 0. The molecular formula is C12H24O. The fourth-order valence-corrected chi connectivity index (χ4v) is 1.78. The van der Waals surface area contributed by atoms with Crippen LogP contribution in [0.3, 0.4) is 0 Å². The Kier molecular flexibility index (Phi) is 4.79. The normalized spacial score (nSPS) is 26.8. The van der Waals surface area contributed by atoms with Crippen LogP contribution >= 0.6 is 0 Å². The molecule has 1 heteroatoms. The third kappa shape index (κ3) is 5.30. The highest BCUT2D eigenvalue weighted by Gasteiger charge is 2.32. The molecule has 1 saturated heterocycles. The first-order valence-electron chi connectivity index (χ1n) is 5.85. The van der Waals surface area contributed by atoms with E-state index < -0.39 is 0 Å². The molecule has 0 N–H and O–H groups in total. The number of rotatable bonds is 7. The predicted molar refractivity (Wildman–Crippen MR) is 56.9 cm³/mol. The SMILES string of the molecule is CC(C)CCCCCCC1OC1C. The Balaban J connectivity index is 1.74. The van der Waals surface area contributed by atoms with E-state index in [1.54, 1.807) is 0 Å². The first-order chi connectivity index (χ1) is 6.20. The van der Waals surface area contributed by atoms with Crippen molar-refractivity contribution in [2.75, 3.05) is 0 Å². The van der Waals surface area contributed by atoms with Gasteiger partial charge in [-0.2, -0.15) is 0 Å². The number of unbranched alkanes of at least 4 members (excludes halogenated alkanes) is 3. The van der Waals surface area contributed by atoms with E-state index in [0.717, 1.165) is 5.92 Å². The van der Waals surface area contributed by atoms with Gasteiger partial charge in [-0.15, -0.1) is 0 Å². The minimum absolute atomic E-state index is 0.565. The summed E-state index contributed by atoms with van der Waals surface area (Å²) in [6, 6.07) is 0. The lowest BCUT2D eigenvalue weighted by Gasteiger charge is -2.03. The van der Waals surface area contributed by atoms with Crippen LogP contribution in [0.25, 0.3) is 0 Å². The van der Waals surface area contributed by atoms with Gasteiger partial charge in [0.25, 0.3) is 0 Å². The standard InChI is InChI=1S/C12H24O/c1-10(2)8-6-4-5-7-9-12-11(3)13-12/h10-12H,4-9H2,1-3H3. The molecule has 0 amide bonds. The summed E-state index contributed by atoms with van der Waals surface area (Å²) >= 11 is 0. The minimum Gasteiger partial charge on any atom is -0.370 e. The van der Waals surface area contributed by atoms with Crippen LogP contribution in [0.1, 0.15) is 59.3 Å². The molecular weight excluding hydrogens is 160 g/mol. The molecule has 13 heavy (non-hydrogen) atoms. The highest BCUT2D eigenvalue weighted by atomic mass is 16.6. The first kappa shape index (κ1) is 11.0. The molecule has 0 aromatic rings. The van der Waals surface area contributed by atoms with Crippen molar-refractivity contribution >= 4 is 0 Å². The van der Waals surface area contributed by atoms with Crippen LogP contribution in [0.2, 0.25) is 0 Å². The van der Waals surface area contributed by atoms with Crippen molar-refractivity contribution in [3.8, 4) is 0 Å². The van der Waals surface area contributed by atoms with Gasteiger partial charge in [-0.25, -0.2) is 0 Å². The average Bonchev–Trinajstić information content (AvgIpc) is 2.74. The Morgan fingerprint density at radius 3 is 2.23 bits per heavy atom. The Hall–Kier alpha value is -0.0400. The third-order valence-electron chi connectivity index (χ3n) is 2.86. The molecule has 0 aromatic carbocycles. The van der Waals surface area contributed by atoms with Gasteiger partial charge in [0.05, 0.1) is 12.2 Å². The van der Waals surface area contributed by atoms with Crippen molar-refractivity contribution in [1.29, 1.82) is 0 Å². The van der Waals surface area contributed by atoms with E-state index in [0.29, 0.717) is 12.2 Å². The van der Waals surface area contributed by atoms with Crippen LogP contribution in [0.15, 0.2) is 0 Å². The third-order valence-corrected chi connectivity index (χ3v) is 2.86. The fraction of sp³-hybridized carbons (Fsp3) is 1.00. The van der Waals surface area contributed by atoms with Crippen molar-refractivity contribution in [2.45, 2.75) is 71.5 Å². The number of epoxide rings is 1. The van der Waals surface area contributed by atoms with Crippen LogP contribution < -0.4 is 0 Å². The maximum absolute atomic E-state index is 5.36. The molecule has 0 aliphatic carbocycles. The molecule has 1 rings (SSSR count). The van der Waals surface area contributed by atoms with Gasteiger partial charge in [0.15, 0.2) is 0 Å². The second kappa shape index (κ2) is 5.64. The number of hydrogen-bond acceptors (Lipinski definition) is 1. The molecule has 0 aromatic heterocycles. The van der Waals surface area contributed by atoms with Crippen molar-refractivity contribution in [1.82, 2.24) is 0 Å². The van der Waals surface area contributed by atoms with Crippen LogP contribution in [-0.4, -0.2) is 12.2 Å². The molecule has 0 saturated carbocycles. The summed E-state index contributed by atoms with van der Waals surface area (Å²) in [6.07, 6.45) is 9.48. The molecule has 1 aliphatic rings. The zero-order valence-electron chi connectivity index (χ0n) is 9.38. The lowest BCUT2D eigenvalue weighted by molar-refractivity contribution is 0.364. The molecule has 1 nitrogen and oxygen atoms in total.